The SMILES string of the molecule is COC(CC(C)C)(CC(C)C)C(=O)Nc1ccc(OC(C)=O)c(C#N)c1. The Kier molecular flexibility index (Phi) is 7.78. The molecule has 1 N–H and O–H groups in total. The van der Waals surface area contributed by atoms with Crippen molar-refractivity contribution in [1.82, 2.24) is 0 Å². The predicted molar refractivity (Wildman–Crippen MR) is 99.7 cm³/mol. The van der Waals surface area contributed by atoms with Crippen LogP contribution in [0.5, 0.6) is 5.75 Å². The van der Waals surface area contributed by atoms with E-state index in [4.69, 9.17) is 9.47 Å². The van der Waals surface area contributed by atoms with E-state index < -0.39 is 11.6 Å². The summed E-state index contributed by atoms with van der Waals surface area (Å²) in [6, 6.07) is 6.55. The molecule has 0 aliphatic rings. The Bertz CT molecular complexity index is 680. The molecule has 0 aliphatic heterocycles. The largest absolute Gasteiger partial charge is 0.425 e. The Morgan fingerprint density at radius 2 is 1.77 bits per heavy atom. The Hall–Kier alpha value is -2.39. The molecule has 6 nitrogen and oxygen atoms in total. The highest BCUT2D eigenvalue weighted by molar-refractivity contribution is 5.97. The number of carbonyl (C=O) groups is 2. The van der Waals surface area contributed by atoms with Gasteiger partial charge in [-0.3, -0.25) is 9.59 Å². The van der Waals surface area contributed by atoms with Crippen LogP contribution < -0.4 is 10.1 Å². The number of benzene rings is 1. The van der Waals surface area contributed by atoms with Crippen molar-refractivity contribution in [3.63, 3.8) is 0 Å². The Labute approximate surface area is 155 Å². The molecule has 1 aromatic carbocycles. The number of methoxy groups -OCH3 is 1. The second-order valence-corrected chi connectivity index (χ2v) is 7.26. The molecule has 1 rings (SSSR count). The van der Waals surface area contributed by atoms with Crippen LogP contribution in [-0.4, -0.2) is 24.6 Å². The van der Waals surface area contributed by atoms with Crippen molar-refractivity contribution in [2.24, 2.45) is 11.8 Å². The maximum Gasteiger partial charge on any atom is 0.308 e. The molecule has 6 heteroatoms. The lowest BCUT2D eigenvalue weighted by molar-refractivity contribution is -0.142. The van der Waals surface area contributed by atoms with E-state index in [9.17, 15) is 14.9 Å². The fraction of sp³-hybridized carbons (Fsp3) is 0.550. The minimum atomic E-state index is -0.941. The number of hydrogen-bond donors (Lipinski definition) is 1. The summed E-state index contributed by atoms with van der Waals surface area (Å²) in [5.41, 5.74) is -0.311. The van der Waals surface area contributed by atoms with Crippen molar-refractivity contribution in [3.05, 3.63) is 23.8 Å². The average Bonchev–Trinajstić information content (AvgIpc) is 2.53. The maximum absolute atomic E-state index is 13.0. The van der Waals surface area contributed by atoms with Crippen LogP contribution in [0.4, 0.5) is 5.69 Å². The minimum absolute atomic E-state index is 0.167. The fourth-order valence-corrected chi connectivity index (χ4v) is 3.03. The van der Waals surface area contributed by atoms with Crippen LogP contribution >= 0.6 is 0 Å². The molecular formula is C20H28N2O4. The number of nitriles is 1. The van der Waals surface area contributed by atoms with Gasteiger partial charge in [0.1, 0.15) is 17.4 Å². The van der Waals surface area contributed by atoms with Crippen molar-refractivity contribution < 1.29 is 19.1 Å². The summed E-state index contributed by atoms with van der Waals surface area (Å²) in [5.74, 6) is -0.0293. The second kappa shape index (κ2) is 9.35. The normalized spacial score (nSPS) is 11.3. The summed E-state index contributed by atoms with van der Waals surface area (Å²) in [6.45, 7) is 9.44. The number of hydrogen-bond acceptors (Lipinski definition) is 5. The van der Waals surface area contributed by atoms with Gasteiger partial charge < -0.3 is 14.8 Å². The first kappa shape index (κ1) is 21.7. The van der Waals surface area contributed by atoms with Crippen LogP contribution in [0.15, 0.2) is 18.2 Å². The molecule has 0 radical (unpaired) electrons. The lowest BCUT2D eigenvalue weighted by Gasteiger charge is -2.34. The van der Waals surface area contributed by atoms with E-state index in [1.54, 1.807) is 13.2 Å². The lowest BCUT2D eigenvalue weighted by Crippen LogP contribution is -2.46. The number of amides is 1. The van der Waals surface area contributed by atoms with Gasteiger partial charge in [-0.05, 0) is 42.9 Å². The molecule has 0 unspecified atom stereocenters. The van der Waals surface area contributed by atoms with Gasteiger partial charge in [-0.2, -0.15) is 5.26 Å². The van der Waals surface area contributed by atoms with Crippen molar-refractivity contribution in [1.29, 1.82) is 5.26 Å². The van der Waals surface area contributed by atoms with Gasteiger partial charge in [0.15, 0.2) is 0 Å². The molecule has 0 heterocycles. The predicted octanol–water partition coefficient (Wildman–Crippen LogP) is 3.90. The lowest BCUT2D eigenvalue weighted by atomic mass is 9.84. The van der Waals surface area contributed by atoms with Gasteiger partial charge in [0.25, 0.3) is 5.91 Å². The molecule has 0 bridgehead atoms. The first-order valence-corrected chi connectivity index (χ1v) is 8.72. The molecule has 142 valence electrons. The number of ether oxygens (including phenoxy) is 2. The third-order valence-electron chi connectivity index (χ3n) is 3.89. The average molecular weight is 360 g/mol. The third kappa shape index (κ3) is 5.85. The number of carbonyl (C=O) groups excluding carboxylic acids is 2. The molecule has 26 heavy (non-hydrogen) atoms. The molecule has 0 atom stereocenters. The summed E-state index contributed by atoms with van der Waals surface area (Å²) < 4.78 is 10.7. The molecule has 0 aromatic heterocycles. The van der Waals surface area contributed by atoms with Gasteiger partial charge in [0.05, 0.1) is 5.56 Å². The second-order valence-electron chi connectivity index (χ2n) is 7.26. The summed E-state index contributed by atoms with van der Waals surface area (Å²) in [7, 11) is 1.55. The summed E-state index contributed by atoms with van der Waals surface area (Å²) in [5, 5.41) is 12.1. The van der Waals surface area contributed by atoms with Gasteiger partial charge in [0, 0.05) is 19.7 Å². The zero-order chi connectivity index (χ0) is 19.9. The highest BCUT2D eigenvalue weighted by atomic mass is 16.5. The van der Waals surface area contributed by atoms with Crippen molar-refractivity contribution in [2.45, 2.75) is 53.1 Å². The van der Waals surface area contributed by atoms with Crippen molar-refractivity contribution >= 4 is 17.6 Å². The Morgan fingerprint density at radius 3 is 2.19 bits per heavy atom. The molecule has 1 amide bonds. The monoisotopic (exact) mass is 360 g/mol. The third-order valence-corrected chi connectivity index (χ3v) is 3.89. The summed E-state index contributed by atoms with van der Waals surface area (Å²) in [6.07, 6.45) is 1.17. The molecular weight excluding hydrogens is 332 g/mol. The highest BCUT2D eigenvalue weighted by Crippen LogP contribution is 2.31. The van der Waals surface area contributed by atoms with Crippen molar-refractivity contribution in [2.75, 3.05) is 12.4 Å². The van der Waals surface area contributed by atoms with E-state index in [-0.39, 0.29) is 29.1 Å². The molecule has 0 saturated heterocycles. The fourth-order valence-electron chi connectivity index (χ4n) is 3.03. The molecule has 0 spiro atoms. The van der Waals surface area contributed by atoms with Crippen LogP contribution in [0.2, 0.25) is 0 Å². The number of rotatable bonds is 8. The number of anilines is 1. The first-order chi connectivity index (χ1) is 12.1. The molecule has 1 aromatic rings. The Morgan fingerprint density at radius 1 is 1.19 bits per heavy atom. The van der Waals surface area contributed by atoms with E-state index >= 15 is 0 Å². The van der Waals surface area contributed by atoms with E-state index in [1.165, 1.54) is 19.1 Å². The van der Waals surface area contributed by atoms with Crippen LogP contribution in [0, 0.1) is 23.2 Å². The van der Waals surface area contributed by atoms with Crippen molar-refractivity contribution in [3.8, 4) is 11.8 Å². The summed E-state index contributed by atoms with van der Waals surface area (Å²) >= 11 is 0. The smallest absolute Gasteiger partial charge is 0.308 e. The van der Waals surface area contributed by atoms with Crippen LogP contribution in [0.3, 0.4) is 0 Å². The van der Waals surface area contributed by atoms with Crippen LogP contribution in [0.25, 0.3) is 0 Å². The van der Waals surface area contributed by atoms with E-state index in [0.29, 0.717) is 18.5 Å². The standard InChI is InChI=1S/C20H28N2O4/c1-13(2)10-20(25-6,11-14(3)4)19(24)22-17-7-8-18(26-15(5)23)16(9-17)12-21/h7-9,13-14H,10-11H2,1-6H3,(H,22,24). The first-order valence-electron chi connectivity index (χ1n) is 8.72. The van der Waals surface area contributed by atoms with Crippen LogP contribution in [-0.2, 0) is 14.3 Å². The van der Waals surface area contributed by atoms with Gasteiger partial charge in [-0.15, -0.1) is 0 Å². The number of nitrogens with zero attached hydrogens (tertiary/aromatic N) is 1. The summed E-state index contributed by atoms with van der Waals surface area (Å²) in [4.78, 5) is 24.1. The zero-order valence-corrected chi connectivity index (χ0v) is 16.4. The van der Waals surface area contributed by atoms with Gasteiger partial charge in [-0.25, -0.2) is 0 Å². The molecule has 0 fully saturated rings. The Balaban J connectivity index is 3.12. The van der Waals surface area contributed by atoms with E-state index in [2.05, 4.69) is 5.32 Å². The topological polar surface area (TPSA) is 88.4 Å². The molecule has 0 saturated carbocycles. The van der Waals surface area contributed by atoms with Crippen LogP contribution in [0.1, 0.15) is 53.0 Å². The van der Waals surface area contributed by atoms with Gasteiger partial charge >= 0.3 is 5.97 Å². The maximum atomic E-state index is 13.0. The van der Waals surface area contributed by atoms with Gasteiger partial charge in [-0.1, -0.05) is 27.7 Å². The van der Waals surface area contributed by atoms with Gasteiger partial charge in [0.2, 0.25) is 0 Å². The van der Waals surface area contributed by atoms with E-state index in [0.717, 1.165) is 0 Å². The minimum Gasteiger partial charge on any atom is -0.425 e. The highest BCUT2D eigenvalue weighted by Gasteiger charge is 2.39. The number of esters is 1. The number of nitrogens with one attached hydrogen (secondary N) is 1. The zero-order valence-electron chi connectivity index (χ0n) is 16.4. The van der Waals surface area contributed by atoms with E-state index in [1.807, 2.05) is 33.8 Å². The molecule has 0 aliphatic carbocycles. The quantitative estimate of drug-likeness (QED) is 0.561.